The number of aryl methyl sites for hydroxylation is 2. The average Bonchev–Trinajstić information content (AvgIpc) is 3.05. The van der Waals surface area contributed by atoms with Crippen LogP contribution in [0.5, 0.6) is 0 Å². The lowest BCUT2D eigenvalue weighted by Crippen LogP contribution is -2.30. The van der Waals surface area contributed by atoms with E-state index in [2.05, 4.69) is 10.5 Å². The van der Waals surface area contributed by atoms with Gasteiger partial charge in [-0.1, -0.05) is 35.0 Å². The van der Waals surface area contributed by atoms with Gasteiger partial charge in [0.05, 0.1) is 12.0 Å². The van der Waals surface area contributed by atoms with E-state index in [-0.39, 0.29) is 24.3 Å². The van der Waals surface area contributed by atoms with Crippen molar-refractivity contribution in [2.45, 2.75) is 26.3 Å². The summed E-state index contributed by atoms with van der Waals surface area (Å²) in [4.78, 5) is 26.3. The zero-order valence-corrected chi connectivity index (χ0v) is 13.4. The highest BCUT2D eigenvalue weighted by Gasteiger charge is 2.42. The van der Waals surface area contributed by atoms with Crippen molar-refractivity contribution in [1.29, 1.82) is 0 Å². The number of nitrogens with one attached hydrogen (secondary N) is 1. The maximum Gasteiger partial charge on any atom is 0.231 e. The van der Waals surface area contributed by atoms with Crippen LogP contribution in [0.25, 0.3) is 0 Å². The molecule has 1 fully saturated rings. The van der Waals surface area contributed by atoms with Crippen LogP contribution in [0.1, 0.15) is 29.3 Å². The van der Waals surface area contributed by atoms with E-state index >= 15 is 0 Å². The van der Waals surface area contributed by atoms with E-state index < -0.39 is 5.92 Å². The number of carbonyl (C=O) groups is 2. The molecule has 2 aromatic rings. The third-order valence-corrected chi connectivity index (χ3v) is 4.22. The molecule has 0 saturated carbocycles. The van der Waals surface area contributed by atoms with Crippen molar-refractivity contribution < 1.29 is 14.1 Å². The molecule has 0 spiro atoms. The lowest BCUT2D eigenvalue weighted by atomic mass is 9.92. The third kappa shape index (κ3) is 2.97. The SMILES string of the molecule is Cc1ccc([C@H]2[C@H](C(=O)Nc3cc(C)on3)CC(=O)N2C)cc1. The monoisotopic (exact) mass is 313 g/mol. The molecule has 6 heteroatoms. The fraction of sp³-hybridized carbons (Fsp3) is 0.353. The largest absolute Gasteiger partial charge is 0.360 e. The number of likely N-dealkylation sites (tertiary alicyclic amines) is 1. The van der Waals surface area contributed by atoms with Gasteiger partial charge in [0.15, 0.2) is 5.82 Å². The Labute approximate surface area is 134 Å². The van der Waals surface area contributed by atoms with Gasteiger partial charge in [-0.3, -0.25) is 9.59 Å². The molecular formula is C17H19N3O3. The molecule has 2 amide bonds. The van der Waals surface area contributed by atoms with Crippen LogP contribution in [0.15, 0.2) is 34.9 Å². The minimum Gasteiger partial charge on any atom is -0.360 e. The van der Waals surface area contributed by atoms with E-state index in [0.29, 0.717) is 11.6 Å². The smallest absolute Gasteiger partial charge is 0.231 e. The summed E-state index contributed by atoms with van der Waals surface area (Å²) in [6.07, 6.45) is 0.192. The summed E-state index contributed by atoms with van der Waals surface area (Å²) in [6, 6.07) is 9.30. The molecule has 1 saturated heterocycles. The summed E-state index contributed by atoms with van der Waals surface area (Å²) in [7, 11) is 1.74. The van der Waals surface area contributed by atoms with Gasteiger partial charge in [-0.05, 0) is 19.4 Å². The van der Waals surface area contributed by atoms with E-state index in [1.807, 2.05) is 31.2 Å². The topological polar surface area (TPSA) is 75.4 Å². The van der Waals surface area contributed by atoms with E-state index in [4.69, 9.17) is 4.52 Å². The lowest BCUT2D eigenvalue weighted by Gasteiger charge is -2.24. The quantitative estimate of drug-likeness (QED) is 0.944. The Hall–Kier alpha value is -2.63. The van der Waals surface area contributed by atoms with Gasteiger partial charge in [0.1, 0.15) is 5.76 Å². The van der Waals surface area contributed by atoms with E-state index in [1.165, 1.54) is 0 Å². The van der Waals surface area contributed by atoms with Crippen molar-refractivity contribution in [2.75, 3.05) is 12.4 Å². The van der Waals surface area contributed by atoms with Gasteiger partial charge in [-0.15, -0.1) is 0 Å². The molecular weight excluding hydrogens is 294 g/mol. The summed E-state index contributed by atoms with van der Waals surface area (Å²) in [6.45, 7) is 3.76. The molecule has 1 aromatic heterocycles. The zero-order valence-electron chi connectivity index (χ0n) is 13.4. The number of nitrogens with zero attached hydrogens (tertiary/aromatic N) is 2. The van der Waals surface area contributed by atoms with Crippen molar-refractivity contribution in [3.8, 4) is 0 Å². The molecule has 3 rings (SSSR count). The van der Waals surface area contributed by atoms with Crippen LogP contribution in [0.2, 0.25) is 0 Å². The van der Waals surface area contributed by atoms with Crippen LogP contribution < -0.4 is 5.32 Å². The predicted octanol–water partition coefficient (Wildman–Crippen LogP) is 2.45. The average molecular weight is 313 g/mol. The van der Waals surface area contributed by atoms with Crippen LogP contribution in [0.4, 0.5) is 5.82 Å². The Balaban J connectivity index is 1.85. The highest BCUT2D eigenvalue weighted by Crippen LogP contribution is 2.37. The fourth-order valence-corrected chi connectivity index (χ4v) is 2.97. The molecule has 2 heterocycles. The maximum absolute atomic E-state index is 12.6. The first-order chi connectivity index (χ1) is 11.0. The fourth-order valence-electron chi connectivity index (χ4n) is 2.97. The van der Waals surface area contributed by atoms with Gasteiger partial charge in [0.2, 0.25) is 11.8 Å². The van der Waals surface area contributed by atoms with Crippen LogP contribution in [-0.4, -0.2) is 28.9 Å². The molecule has 1 aliphatic rings. The number of anilines is 1. The second-order valence-electron chi connectivity index (χ2n) is 5.98. The van der Waals surface area contributed by atoms with Crippen LogP contribution in [-0.2, 0) is 9.59 Å². The molecule has 2 atom stereocenters. The molecule has 0 unspecified atom stereocenters. The van der Waals surface area contributed by atoms with Gasteiger partial charge in [-0.2, -0.15) is 0 Å². The zero-order chi connectivity index (χ0) is 16.6. The summed E-state index contributed by atoms with van der Waals surface area (Å²) in [5.74, 6) is 0.285. The Kier molecular flexibility index (Phi) is 3.90. The van der Waals surface area contributed by atoms with Gasteiger partial charge >= 0.3 is 0 Å². The molecule has 6 nitrogen and oxygen atoms in total. The van der Waals surface area contributed by atoms with E-state index in [1.54, 1.807) is 24.9 Å². The van der Waals surface area contributed by atoms with Gasteiger partial charge < -0.3 is 14.7 Å². The number of rotatable bonds is 3. The predicted molar refractivity (Wildman–Crippen MR) is 84.7 cm³/mol. The second-order valence-corrected chi connectivity index (χ2v) is 5.98. The molecule has 1 N–H and O–H groups in total. The van der Waals surface area contributed by atoms with E-state index in [0.717, 1.165) is 11.1 Å². The van der Waals surface area contributed by atoms with E-state index in [9.17, 15) is 9.59 Å². The molecule has 0 bridgehead atoms. The normalized spacial score (nSPS) is 20.8. The summed E-state index contributed by atoms with van der Waals surface area (Å²) in [5, 5.41) is 6.50. The standard InChI is InChI=1S/C17H19N3O3/c1-10-4-6-12(7-5-10)16-13(9-15(21)20(16)3)17(22)18-14-8-11(2)23-19-14/h4-8,13,16H,9H2,1-3H3,(H,18,19,22)/t13-,16+/m1/s1. The molecule has 1 aliphatic heterocycles. The Morgan fingerprint density at radius 2 is 2.00 bits per heavy atom. The van der Waals surface area contributed by atoms with Crippen molar-refractivity contribution in [3.63, 3.8) is 0 Å². The molecule has 0 radical (unpaired) electrons. The third-order valence-electron chi connectivity index (χ3n) is 4.22. The van der Waals surface area contributed by atoms with Crippen molar-refractivity contribution in [3.05, 3.63) is 47.2 Å². The number of amides is 2. The Bertz CT molecular complexity index is 736. The minimum absolute atomic E-state index is 0.0351. The molecule has 23 heavy (non-hydrogen) atoms. The lowest BCUT2D eigenvalue weighted by molar-refractivity contribution is -0.127. The maximum atomic E-state index is 12.6. The Morgan fingerprint density at radius 1 is 1.30 bits per heavy atom. The van der Waals surface area contributed by atoms with Crippen LogP contribution in [0, 0.1) is 19.8 Å². The van der Waals surface area contributed by atoms with Crippen LogP contribution in [0.3, 0.4) is 0 Å². The highest BCUT2D eigenvalue weighted by molar-refractivity contribution is 5.97. The Morgan fingerprint density at radius 3 is 2.61 bits per heavy atom. The van der Waals surface area contributed by atoms with Crippen LogP contribution >= 0.6 is 0 Å². The number of hydrogen-bond acceptors (Lipinski definition) is 4. The molecule has 0 aliphatic carbocycles. The second kappa shape index (κ2) is 5.87. The summed E-state index contributed by atoms with van der Waals surface area (Å²) < 4.78 is 4.95. The molecule has 120 valence electrons. The first-order valence-corrected chi connectivity index (χ1v) is 7.52. The summed E-state index contributed by atoms with van der Waals surface area (Å²) in [5.41, 5.74) is 2.10. The first-order valence-electron chi connectivity index (χ1n) is 7.52. The highest BCUT2D eigenvalue weighted by atomic mass is 16.5. The number of benzene rings is 1. The van der Waals surface area contributed by atoms with Crippen molar-refractivity contribution in [1.82, 2.24) is 10.1 Å². The minimum atomic E-state index is -0.452. The molecule has 1 aromatic carbocycles. The number of aromatic nitrogens is 1. The van der Waals surface area contributed by atoms with Crippen molar-refractivity contribution in [2.24, 2.45) is 5.92 Å². The van der Waals surface area contributed by atoms with Crippen molar-refractivity contribution >= 4 is 17.6 Å². The number of hydrogen-bond donors (Lipinski definition) is 1. The number of carbonyl (C=O) groups excluding carboxylic acids is 2. The van der Waals surface area contributed by atoms with Gasteiger partial charge in [-0.25, -0.2) is 0 Å². The van der Waals surface area contributed by atoms with Gasteiger partial charge in [0.25, 0.3) is 0 Å². The first kappa shape index (κ1) is 15.3. The summed E-state index contributed by atoms with van der Waals surface area (Å²) >= 11 is 0. The van der Waals surface area contributed by atoms with Gasteiger partial charge in [0, 0.05) is 19.5 Å².